The standard InChI is InChI=1S/C17H26N2O/c1-18(2)14-10-11-19(12-14)16-9-5-7-13-6-3-4-8-15(13)17(16)20/h3-4,6,8,14,16-17,20H,5,7,9-12H2,1-2H3. The zero-order chi connectivity index (χ0) is 14.1. The Bertz CT molecular complexity index is 460. The van der Waals surface area contributed by atoms with Crippen molar-refractivity contribution in [2.45, 2.75) is 43.9 Å². The molecule has 1 aromatic carbocycles. The maximum absolute atomic E-state index is 10.8. The monoisotopic (exact) mass is 274 g/mol. The summed E-state index contributed by atoms with van der Waals surface area (Å²) >= 11 is 0. The number of aryl methyl sites for hydroxylation is 1. The van der Waals surface area contributed by atoms with E-state index in [0.717, 1.165) is 31.5 Å². The van der Waals surface area contributed by atoms with E-state index in [2.05, 4.69) is 48.2 Å². The number of hydrogen-bond acceptors (Lipinski definition) is 3. The Morgan fingerprint density at radius 3 is 2.75 bits per heavy atom. The lowest BCUT2D eigenvalue weighted by molar-refractivity contribution is 0.0547. The topological polar surface area (TPSA) is 26.7 Å². The first-order valence-corrected chi connectivity index (χ1v) is 7.83. The quantitative estimate of drug-likeness (QED) is 0.836. The molecule has 1 aliphatic carbocycles. The molecule has 1 saturated heterocycles. The highest BCUT2D eigenvalue weighted by molar-refractivity contribution is 5.31. The van der Waals surface area contributed by atoms with E-state index >= 15 is 0 Å². The predicted molar refractivity (Wildman–Crippen MR) is 81.8 cm³/mol. The molecule has 1 fully saturated rings. The van der Waals surface area contributed by atoms with Gasteiger partial charge in [0, 0.05) is 25.2 Å². The van der Waals surface area contributed by atoms with E-state index in [1.165, 1.54) is 18.4 Å². The van der Waals surface area contributed by atoms with Crippen LogP contribution in [0.2, 0.25) is 0 Å². The summed E-state index contributed by atoms with van der Waals surface area (Å²) in [5.74, 6) is 0. The normalized spacial score (nSPS) is 31.3. The molecule has 0 amide bonds. The number of benzene rings is 1. The van der Waals surface area contributed by atoms with Gasteiger partial charge in [-0.1, -0.05) is 24.3 Å². The Labute approximate surface area is 122 Å². The molecule has 2 aliphatic rings. The van der Waals surface area contributed by atoms with Gasteiger partial charge in [0.1, 0.15) is 0 Å². The van der Waals surface area contributed by atoms with Crippen molar-refractivity contribution in [3.05, 3.63) is 35.4 Å². The Morgan fingerprint density at radius 1 is 1.20 bits per heavy atom. The predicted octanol–water partition coefficient (Wildman–Crippen LogP) is 2.06. The number of fused-ring (bicyclic) bond motifs is 1. The summed E-state index contributed by atoms with van der Waals surface area (Å²) in [5, 5.41) is 10.8. The minimum absolute atomic E-state index is 0.295. The van der Waals surface area contributed by atoms with E-state index in [9.17, 15) is 5.11 Å². The van der Waals surface area contributed by atoms with Crippen molar-refractivity contribution in [1.82, 2.24) is 9.80 Å². The van der Waals surface area contributed by atoms with Crippen LogP contribution in [0.25, 0.3) is 0 Å². The van der Waals surface area contributed by atoms with Crippen molar-refractivity contribution >= 4 is 0 Å². The lowest BCUT2D eigenvalue weighted by Gasteiger charge is -2.31. The summed E-state index contributed by atoms with van der Waals surface area (Å²) in [6.45, 7) is 2.21. The molecule has 3 unspecified atom stereocenters. The fraction of sp³-hybridized carbons (Fsp3) is 0.647. The molecule has 1 aliphatic heterocycles. The summed E-state index contributed by atoms with van der Waals surface area (Å²) in [6, 6.07) is 9.36. The van der Waals surface area contributed by atoms with Crippen LogP contribution in [0.3, 0.4) is 0 Å². The van der Waals surface area contributed by atoms with Crippen molar-refractivity contribution in [3.63, 3.8) is 0 Å². The van der Waals surface area contributed by atoms with E-state index in [4.69, 9.17) is 0 Å². The molecule has 1 aromatic rings. The molecular formula is C17H26N2O. The summed E-state index contributed by atoms with van der Waals surface area (Å²) in [6.07, 6.45) is 4.29. The van der Waals surface area contributed by atoms with Crippen LogP contribution >= 0.6 is 0 Å². The maximum atomic E-state index is 10.8. The highest BCUT2D eigenvalue weighted by Crippen LogP contribution is 2.33. The molecule has 1 N–H and O–H groups in total. The fourth-order valence-corrected chi connectivity index (χ4v) is 3.79. The number of rotatable bonds is 2. The van der Waals surface area contributed by atoms with E-state index in [1.807, 2.05) is 0 Å². The van der Waals surface area contributed by atoms with Gasteiger partial charge < -0.3 is 10.0 Å². The molecule has 20 heavy (non-hydrogen) atoms. The Balaban J connectivity index is 1.78. The summed E-state index contributed by atoms with van der Waals surface area (Å²) in [7, 11) is 4.32. The third-order valence-electron chi connectivity index (χ3n) is 5.08. The van der Waals surface area contributed by atoms with Crippen LogP contribution in [0, 0.1) is 0 Å². The first-order valence-electron chi connectivity index (χ1n) is 7.83. The first-order chi connectivity index (χ1) is 9.66. The van der Waals surface area contributed by atoms with Crippen LogP contribution in [0.4, 0.5) is 0 Å². The molecule has 0 bridgehead atoms. The third kappa shape index (κ3) is 2.62. The molecule has 0 radical (unpaired) electrons. The van der Waals surface area contributed by atoms with Gasteiger partial charge in [-0.2, -0.15) is 0 Å². The SMILES string of the molecule is CN(C)C1CCN(C2CCCc3ccccc3C2O)C1. The van der Waals surface area contributed by atoms with Gasteiger partial charge in [-0.05, 0) is 50.9 Å². The van der Waals surface area contributed by atoms with Crippen molar-refractivity contribution in [2.24, 2.45) is 0 Å². The number of hydrogen-bond donors (Lipinski definition) is 1. The van der Waals surface area contributed by atoms with E-state index in [-0.39, 0.29) is 6.10 Å². The Kier molecular flexibility index (Phi) is 4.11. The van der Waals surface area contributed by atoms with Crippen LogP contribution in [0.5, 0.6) is 0 Å². The molecule has 1 heterocycles. The molecule has 0 spiro atoms. The fourth-order valence-electron chi connectivity index (χ4n) is 3.79. The van der Waals surface area contributed by atoms with Gasteiger partial charge in [-0.25, -0.2) is 0 Å². The van der Waals surface area contributed by atoms with Gasteiger partial charge >= 0.3 is 0 Å². The van der Waals surface area contributed by atoms with Gasteiger partial charge in [0.2, 0.25) is 0 Å². The zero-order valence-corrected chi connectivity index (χ0v) is 12.6. The number of likely N-dealkylation sites (tertiary alicyclic amines) is 1. The molecule has 110 valence electrons. The van der Waals surface area contributed by atoms with Gasteiger partial charge in [0.15, 0.2) is 0 Å². The number of likely N-dealkylation sites (N-methyl/N-ethyl adjacent to an activating group) is 1. The molecule has 3 nitrogen and oxygen atoms in total. The van der Waals surface area contributed by atoms with Crippen LogP contribution in [0.1, 0.15) is 36.5 Å². The summed E-state index contributed by atoms with van der Waals surface area (Å²) in [5.41, 5.74) is 2.49. The first kappa shape index (κ1) is 14.1. The number of nitrogens with zero attached hydrogens (tertiary/aromatic N) is 2. The highest BCUT2D eigenvalue weighted by Gasteiger charge is 2.35. The molecule has 0 aromatic heterocycles. The highest BCUT2D eigenvalue weighted by atomic mass is 16.3. The third-order valence-corrected chi connectivity index (χ3v) is 5.08. The van der Waals surface area contributed by atoms with Gasteiger partial charge in [-0.15, -0.1) is 0 Å². The minimum Gasteiger partial charge on any atom is -0.387 e. The molecule has 3 atom stereocenters. The van der Waals surface area contributed by atoms with Crippen LogP contribution < -0.4 is 0 Å². The van der Waals surface area contributed by atoms with Crippen molar-refractivity contribution in [2.75, 3.05) is 27.2 Å². The second-order valence-corrected chi connectivity index (χ2v) is 6.50. The Morgan fingerprint density at radius 2 is 2.00 bits per heavy atom. The van der Waals surface area contributed by atoms with E-state index < -0.39 is 0 Å². The molecule has 0 saturated carbocycles. The van der Waals surface area contributed by atoms with E-state index in [1.54, 1.807) is 0 Å². The molecule has 3 rings (SSSR count). The second kappa shape index (κ2) is 5.84. The lowest BCUT2D eigenvalue weighted by Crippen LogP contribution is -2.40. The van der Waals surface area contributed by atoms with Gasteiger partial charge in [0.05, 0.1) is 6.10 Å². The maximum Gasteiger partial charge on any atom is 0.0947 e. The molecule has 3 heteroatoms. The average Bonchev–Trinajstić information content (AvgIpc) is 2.87. The Hall–Kier alpha value is -0.900. The smallest absolute Gasteiger partial charge is 0.0947 e. The van der Waals surface area contributed by atoms with E-state index in [0.29, 0.717) is 12.1 Å². The van der Waals surface area contributed by atoms with Crippen LogP contribution in [0.15, 0.2) is 24.3 Å². The molecular weight excluding hydrogens is 248 g/mol. The largest absolute Gasteiger partial charge is 0.387 e. The number of aliphatic hydroxyl groups is 1. The van der Waals surface area contributed by atoms with Crippen LogP contribution in [-0.4, -0.2) is 54.2 Å². The lowest BCUT2D eigenvalue weighted by atomic mass is 9.98. The van der Waals surface area contributed by atoms with Crippen LogP contribution in [-0.2, 0) is 6.42 Å². The van der Waals surface area contributed by atoms with Crippen molar-refractivity contribution in [3.8, 4) is 0 Å². The van der Waals surface area contributed by atoms with Crippen molar-refractivity contribution in [1.29, 1.82) is 0 Å². The average molecular weight is 274 g/mol. The summed E-state index contributed by atoms with van der Waals surface area (Å²) < 4.78 is 0. The van der Waals surface area contributed by atoms with Gasteiger partial charge in [-0.3, -0.25) is 4.90 Å². The second-order valence-electron chi connectivity index (χ2n) is 6.50. The van der Waals surface area contributed by atoms with Crippen molar-refractivity contribution < 1.29 is 5.11 Å². The zero-order valence-electron chi connectivity index (χ0n) is 12.6. The number of aliphatic hydroxyl groups excluding tert-OH is 1. The van der Waals surface area contributed by atoms with Gasteiger partial charge in [0.25, 0.3) is 0 Å². The summed E-state index contributed by atoms with van der Waals surface area (Å²) in [4.78, 5) is 4.83. The minimum atomic E-state index is -0.324.